The fourth-order valence-corrected chi connectivity index (χ4v) is 5.63. The van der Waals surface area contributed by atoms with Crippen LogP contribution in [0.15, 0.2) is 30.6 Å². The molecule has 5 amide bonds. The van der Waals surface area contributed by atoms with E-state index in [-0.39, 0.29) is 62.5 Å². The third-order valence-corrected chi connectivity index (χ3v) is 8.21. The van der Waals surface area contributed by atoms with Gasteiger partial charge < -0.3 is 15.0 Å². The number of imide groups is 2. The van der Waals surface area contributed by atoms with Crippen LogP contribution in [0.2, 0.25) is 0 Å². The summed E-state index contributed by atoms with van der Waals surface area (Å²) in [6, 6.07) is 3.67. The highest BCUT2D eigenvalue weighted by Gasteiger charge is 2.67. The summed E-state index contributed by atoms with van der Waals surface area (Å²) in [6.07, 6.45) is -1.44. The summed E-state index contributed by atoms with van der Waals surface area (Å²) in [5, 5.41) is 9.74. The van der Waals surface area contributed by atoms with Crippen LogP contribution in [0.5, 0.6) is 0 Å². The minimum absolute atomic E-state index is 0.0285. The van der Waals surface area contributed by atoms with Gasteiger partial charge in [-0.2, -0.15) is 18.3 Å². The number of likely N-dealkylation sites (tertiary alicyclic amines) is 1. The van der Waals surface area contributed by atoms with Gasteiger partial charge in [-0.05, 0) is 31.4 Å². The number of aromatic nitrogens is 2. The number of fused-ring (bicyclic) bond motifs is 1. The molecule has 0 spiro atoms. The van der Waals surface area contributed by atoms with Crippen molar-refractivity contribution < 1.29 is 41.9 Å². The quantitative estimate of drug-likeness (QED) is 0.491. The van der Waals surface area contributed by atoms with Gasteiger partial charge in [-0.15, -0.1) is 0 Å². The Labute approximate surface area is 237 Å². The molecule has 0 bridgehead atoms. The molecule has 42 heavy (non-hydrogen) atoms. The molecule has 2 aromatic rings. The second kappa shape index (κ2) is 10.1. The molecule has 15 heteroatoms. The van der Waals surface area contributed by atoms with Crippen molar-refractivity contribution >= 4 is 35.4 Å². The van der Waals surface area contributed by atoms with Crippen molar-refractivity contribution in [2.24, 2.45) is 0 Å². The number of anilines is 1. The average Bonchev–Trinajstić information content (AvgIpc) is 3.52. The van der Waals surface area contributed by atoms with E-state index >= 15 is 0 Å². The largest absolute Gasteiger partial charge is 0.433 e. The van der Waals surface area contributed by atoms with Crippen LogP contribution in [0.1, 0.15) is 70.8 Å². The first-order valence-electron chi connectivity index (χ1n) is 13.6. The lowest BCUT2D eigenvalue weighted by Gasteiger charge is -2.33. The molecule has 1 aromatic carbocycles. The van der Waals surface area contributed by atoms with Gasteiger partial charge in [0.15, 0.2) is 0 Å². The van der Waals surface area contributed by atoms with Crippen LogP contribution in [0.3, 0.4) is 0 Å². The van der Waals surface area contributed by atoms with Gasteiger partial charge in [-0.1, -0.05) is 6.07 Å². The molecule has 3 aliphatic heterocycles. The van der Waals surface area contributed by atoms with Gasteiger partial charge in [0.25, 0.3) is 11.8 Å². The Hall–Kier alpha value is -4.43. The minimum Gasteiger partial charge on any atom is -0.433 e. The zero-order valence-corrected chi connectivity index (χ0v) is 22.3. The van der Waals surface area contributed by atoms with Crippen LogP contribution < -0.4 is 10.6 Å². The monoisotopic (exact) mass is 588 g/mol. The molecule has 1 atom stereocenters. The number of ether oxygens (including phenoxy) is 1. The molecule has 1 unspecified atom stereocenters. The lowest BCUT2D eigenvalue weighted by molar-refractivity contribution is -0.219. The van der Waals surface area contributed by atoms with Crippen molar-refractivity contribution in [1.29, 1.82) is 0 Å². The molecule has 12 nitrogen and oxygen atoms in total. The summed E-state index contributed by atoms with van der Waals surface area (Å²) in [5.74, 6) is -2.34. The number of benzene rings is 1. The van der Waals surface area contributed by atoms with E-state index in [9.17, 15) is 37.1 Å². The molecule has 2 saturated heterocycles. The SMILES string of the molecule is O=C1CCC(N2C(=O)c3cccc(NCc4cnn(C5CCN(C(=O)OC6(C(F)(F)F)CC6)CC5)c4)c3C2=O)C(=O)N1. The number of hydrogen-bond donors (Lipinski definition) is 2. The summed E-state index contributed by atoms with van der Waals surface area (Å²) < 4.78 is 46.0. The highest BCUT2D eigenvalue weighted by atomic mass is 19.4. The van der Waals surface area contributed by atoms with E-state index in [1.54, 1.807) is 29.2 Å². The van der Waals surface area contributed by atoms with Crippen LogP contribution in [0.25, 0.3) is 0 Å². The van der Waals surface area contributed by atoms with Crippen LogP contribution >= 0.6 is 0 Å². The number of carbonyl (C=O) groups is 5. The second-order valence-electron chi connectivity index (χ2n) is 10.9. The van der Waals surface area contributed by atoms with E-state index in [4.69, 9.17) is 4.74 Å². The molecule has 1 saturated carbocycles. The fourth-order valence-electron chi connectivity index (χ4n) is 5.63. The van der Waals surface area contributed by atoms with Crippen molar-refractivity contribution in [3.63, 3.8) is 0 Å². The van der Waals surface area contributed by atoms with E-state index in [2.05, 4.69) is 15.7 Å². The van der Waals surface area contributed by atoms with Gasteiger partial charge in [0.1, 0.15) is 6.04 Å². The minimum atomic E-state index is -4.57. The van der Waals surface area contributed by atoms with Crippen molar-refractivity contribution in [2.75, 3.05) is 18.4 Å². The molecular formula is C27H27F3N6O6. The summed E-state index contributed by atoms with van der Waals surface area (Å²) >= 11 is 0. The Morgan fingerprint density at radius 2 is 1.83 bits per heavy atom. The van der Waals surface area contributed by atoms with E-state index in [1.165, 1.54) is 11.0 Å². The number of hydrogen-bond acceptors (Lipinski definition) is 8. The van der Waals surface area contributed by atoms with Crippen molar-refractivity contribution in [1.82, 2.24) is 24.9 Å². The van der Waals surface area contributed by atoms with Crippen molar-refractivity contribution in [3.8, 4) is 0 Å². The van der Waals surface area contributed by atoms with Crippen molar-refractivity contribution in [3.05, 3.63) is 47.3 Å². The molecule has 0 radical (unpaired) electrons. The Bertz CT molecular complexity index is 1480. The summed E-state index contributed by atoms with van der Waals surface area (Å²) in [4.78, 5) is 64.7. The molecule has 2 N–H and O–H groups in total. The Kier molecular flexibility index (Phi) is 6.69. The zero-order valence-electron chi connectivity index (χ0n) is 22.3. The number of piperidine rings is 2. The number of rotatable bonds is 6. The molecule has 1 aromatic heterocycles. The van der Waals surface area contributed by atoms with E-state index in [0.29, 0.717) is 18.5 Å². The summed E-state index contributed by atoms with van der Waals surface area (Å²) in [5.41, 5.74) is -0.845. The first kappa shape index (κ1) is 27.7. The number of nitrogens with zero attached hydrogens (tertiary/aromatic N) is 4. The number of nitrogens with one attached hydrogen (secondary N) is 2. The van der Waals surface area contributed by atoms with E-state index in [0.717, 1.165) is 10.5 Å². The van der Waals surface area contributed by atoms with Crippen LogP contribution in [0, 0.1) is 0 Å². The smallest absolute Gasteiger partial charge is 0.428 e. The van der Waals surface area contributed by atoms with E-state index in [1.807, 2.05) is 0 Å². The molecule has 4 aliphatic rings. The maximum absolute atomic E-state index is 13.3. The highest BCUT2D eigenvalue weighted by molar-refractivity contribution is 6.25. The molecule has 6 rings (SSSR count). The maximum Gasteiger partial charge on any atom is 0.428 e. The van der Waals surface area contributed by atoms with Gasteiger partial charge in [0.2, 0.25) is 17.4 Å². The van der Waals surface area contributed by atoms with Crippen LogP contribution in [-0.4, -0.2) is 80.2 Å². The van der Waals surface area contributed by atoms with Gasteiger partial charge in [-0.25, -0.2) is 4.79 Å². The highest BCUT2D eigenvalue weighted by Crippen LogP contribution is 2.52. The van der Waals surface area contributed by atoms with Gasteiger partial charge in [0, 0.05) is 56.3 Å². The van der Waals surface area contributed by atoms with Gasteiger partial charge in [0.05, 0.1) is 23.4 Å². The second-order valence-corrected chi connectivity index (χ2v) is 10.9. The molecule has 3 fully saturated rings. The number of carbonyl (C=O) groups excluding carboxylic acids is 5. The van der Waals surface area contributed by atoms with Gasteiger partial charge in [-0.3, -0.25) is 34.1 Å². The lowest BCUT2D eigenvalue weighted by atomic mass is 10.0. The standard InChI is InChI=1S/C27H27F3N6O6/c28-27(29,30)26(8-9-26)42-25(41)34-10-6-16(7-11-34)35-14-15(13-32-35)12-31-18-3-1-2-17-21(18)24(40)36(23(17)39)19-4-5-20(37)33-22(19)38/h1-3,13-14,16,19,31H,4-12H2,(H,33,37,38). The third-order valence-electron chi connectivity index (χ3n) is 8.21. The lowest BCUT2D eigenvalue weighted by Crippen LogP contribution is -2.54. The summed E-state index contributed by atoms with van der Waals surface area (Å²) in [7, 11) is 0. The predicted molar refractivity (Wildman–Crippen MR) is 137 cm³/mol. The molecule has 4 heterocycles. The molecule has 222 valence electrons. The number of halogens is 3. The Morgan fingerprint density at radius 3 is 2.50 bits per heavy atom. The van der Waals surface area contributed by atoms with Gasteiger partial charge >= 0.3 is 12.3 Å². The summed E-state index contributed by atoms with van der Waals surface area (Å²) in [6.45, 7) is 0.739. The van der Waals surface area contributed by atoms with Crippen LogP contribution in [-0.2, 0) is 20.9 Å². The molecular weight excluding hydrogens is 561 g/mol. The average molecular weight is 589 g/mol. The molecule has 1 aliphatic carbocycles. The number of alkyl halides is 3. The topological polar surface area (TPSA) is 143 Å². The normalized spacial score (nSPS) is 22.2. The predicted octanol–water partition coefficient (Wildman–Crippen LogP) is 2.76. The third kappa shape index (κ3) is 4.86. The number of amides is 5. The van der Waals surface area contributed by atoms with E-state index < -0.39 is 47.5 Å². The Morgan fingerprint density at radius 1 is 1.10 bits per heavy atom. The van der Waals surface area contributed by atoms with Crippen LogP contribution in [0.4, 0.5) is 23.7 Å². The fraction of sp³-hybridized carbons (Fsp3) is 0.481. The Balaban J connectivity index is 1.06. The first-order valence-corrected chi connectivity index (χ1v) is 13.6. The zero-order chi connectivity index (χ0) is 29.8. The maximum atomic E-state index is 13.3. The first-order chi connectivity index (χ1) is 20.0. The van der Waals surface area contributed by atoms with Crippen molar-refractivity contribution in [2.45, 2.75) is 68.9 Å².